The minimum atomic E-state index is 1.19. The summed E-state index contributed by atoms with van der Waals surface area (Å²) in [6.07, 6.45) is 14.5. The molecule has 5 fully saturated rings. The van der Waals surface area contributed by atoms with Gasteiger partial charge in [0.15, 0.2) is 0 Å². The van der Waals surface area contributed by atoms with Crippen LogP contribution in [0.1, 0.15) is 57.8 Å². The van der Waals surface area contributed by atoms with Gasteiger partial charge in [-0.2, -0.15) is 0 Å². The van der Waals surface area contributed by atoms with Crippen LogP contribution in [0, 0.1) is 47.3 Å². The highest BCUT2D eigenvalue weighted by Crippen LogP contribution is 2.68. The summed E-state index contributed by atoms with van der Waals surface area (Å²) in [4.78, 5) is 0. The Labute approximate surface area is 106 Å². The zero-order valence-corrected chi connectivity index (χ0v) is 11.0. The van der Waals surface area contributed by atoms with Gasteiger partial charge in [-0.25, -0.2) is 0 Å². The summed E-state index contributed by atoms with van der Waals surface area (Å²) < 4.78 is 0. The van der Waals surface area contributed by atoms with Gasteiger partial charge in [0.2, 0.25) is 0 Å². The van der Waals surface area contributed by atoms with Crippen molar-refractivity contribution >= 4 is 0 Å². The summed E-state index contributed by atoms with van der Waals surface area (Å²) in [5.74, 6) is 9.62. The number of rotatable bonds is 0. The summed E-state index contributed by atoms with van der Waals surface area (Å²) in [5.41, 5.74) is 0. The molecule has 0 heteroatoms. The lowest BCUT2D eigenvalue weighted by Crippen LogP contribution is -2.24. The van der Waals surface area contributed by atoms with E-state index in [4.69, 9.17) is 0 Å². The topological polar surface area (TPSA) is 0 Å². The lowest BCUT2D eigenvalue weighted by atomic mass is 9.76. The van der Waals surface area contributed by atoms with Gasteiger partial charge in [0, 0.05) is 0 Å². The van der Waals surface area contributed by atoms with Crippen molar-refractivity contribution in [2.45, 2.75) is 57.8 Å². The van der Waals surface area contributed by atoms with E-state index in [-0.39, 0.29) is 0 Å². The third-order valence-corrected chi connectivity index (χ3v) is 7.77. The molecule has 5 saturated carbocycles. The molecule has 0 nitrogen and oxygen atoms in total. The van der Waals surface area contributed by atoms with Gasteiger partial charge < -0.3 is 0 Å². The van der Waals surface area contributed by atoms with Crippen molar-refractivity contribution in [3.05, 3.63) is 0 Å². The lowest BCUT2D eigenvalue weighted by Gasteiger charge is -2.29. The Balaban J connectivity index is 1.49. The van der Waals surface area contributed by atoms with Crippen LogP contribution in [-0.4, -0.2) is 0 Å². The van der Waals surface area contributed by atoms with E-state index in [1.165, 1.54) is 47.3 Å². The van der Waals surface area contributed by atoms with E-state index >= 15 is 0 Å². The van der Waals surface area contributed by atoms with Crippen LogP contribution in [0.2, 0.25) is 0 Å². The first-order valence-corrected chi connectivity index (χ1v) is 8.42. The first-order valence-electron chi connectivity index (χ1n) is 8.42. The van der Waals surface area contributed by atoms with Crippen LogP contribution in [-0.2, 0) is 0 Å². The molecular formula is C17H26. The molecule has 17 heavy (non-hydrogen) atoms. The van der Waals surface area contributed by atoms with Gasteiger partial charge in [0.25, 0.3) is 0 Å². The quantitative estimate of drug-likeness (QED) is 0.575. The standard InChI is InChI=1S/C17H26/c1-3-10-7-12-9-13-8-11-4-2-6-15(11)17(13)16(12)14(10)5-1/h10-17H,1-9H2. The first kappa shape index (κ1) is 9.87. The van der Waals surface area contributed by atoms with Crippen LogP contribution in [0.5, 0.6) is 0 Å². The molecule has 0 saturated heterocycles. The molecule has 0 bridgehead atoms. The van der Waals surface area contributed by atoms with Crippen molar-refractivity contribution in [2.75, 3.05) is 0 Å². The zero-order valence-electron chi connectivity index (χ0n) is 11.0. The molecule has 8 unspecified atom stereocenters. The minimum Gasteiger partial charge on any atom is -0.0527 e. The molecule has 0 aromatic carbocycles. The SMILES string of the molecule is C1CC2CC3CC4CC5CCCC5C4C3C2C1. The third kappa shape index (κ3) is 1.16. The molecule has 5 aliphatic carbocycles. The fourth-order valence-electron chi connectivity index (χ4n) is 7.62. The molecule has 5 aliphatic rings. The van der Waals surface area contributed by atoms with Crippen LogP contribution in [0.3, 0.4) is 0 Å². The average molecular weight is 230 g/mol. The summed E-state index contributed by atoms with van der Waals surface area (Å²) >= 11 is 0. The molecule has 0 N–H and O–H groups in total. The third-order valence-electron chi connectivity index (χ3n) is 7.77. The van der Waals surface area contributed by atoms with Crippen LogP contribution >= 0.6 is 0 Å². The van der Waals surface area contributed by atoms with Gasteiger partial charge in [-0.1, -0.05) is 25.7 Å². The van der Waals surface area contributed by atoms with Gasteiger partial charge >= 0.3 is 0 Å². The average Bonchev–Trinajstić information content (AvgIpc) is 2.95. The zero-order chi connectivity index (χ0) is 11.0. The summed E-state index contributed by atoms with van der Waals surface area (Å²) in [7, 11) is 0. The van der Waals surface area contributed by atoms with E-state index in [1.807, 2.05) is 0 Å². The van der Waals surface area contributed by atoms with E-state index in [0.29, 0.717) is 0 Å². The van der Waals surface area contributed by atoms with Gasteiger partial charge in [-0.05, 0) is 79.4 Å². The first-order chi connectivity index (χ1) is 8.42. The second-order valence-corrected chi connectivity index (χ2v) is 8.09. The van der Waals surface area contributed by atoms with Crippen molar-refractivity contribution in [2.24, 2.45) is 47.3 Å². The molecule has 0 aliphatic heterocycles. The smallest absolute Gasteiger partial charge is 0.0321 e. The van der Waals surface area contributed by atoms with Crippen molar-refractivity contribution < 1.29 is 0 Å². The highest BCUT2D eigenvalue weighted by molar-refractivity contribution is 5.09. The van der Waals surface area contributed by atoms with Gasteiger partial charge in [-0.3, -0.25) is 0 Å². The Hall–Kier alpha value is 0. The Kier molecular flexibility index (Phi) is 1.92. The van der Waals surface area contributed by atoms with Crippen LogP contribution in [0.15, 0.2) is 0 Å². The minimum absolute atomic E-state index is 1.19. The van der Waals surface area contributed by atoms with Crippen LogP contribution < -0.4 is 0 Å². The molecule has 0 aromatic rings. The maximum Gasteiger partial charge on any atom is -0.0321 e. The monoisotopic (exact) mass is 230 g/mol. The van der Waals surface area contributed by atoms with Gasteiger partial charge in [-0.15, -0.1) is 0 Å². The molecule has 94 valence electrons. The van der Waals surface area contributed by atoms with E-state index in [9.17, 15) is 0 Å². The van der Waals surface area contributed by atoms with Crippen molar-refractivity contribution in [3.8, 4) is 0 Å². The van der Waals surface area contributed by atoms with Crippen molar-refractivity contribution in [3.63, 3.8) is 0 Å². The predicted molar refractivity (Wildman–Crippen MR) is 69.5 cm³/mol. The highest BCUT2D eigenvalue weighted by Gasteiger charge is 2.60. The molecule has 0 heterocycles. The fraction of sp³-hybridized carbons (Fsp3) is 1.00. The Bertz CT molecular complexity index is 301. The Morgan fingerprint density at radius 2 is 0.941 bits per heavy atom. The van der Waals surface area contributed by atoms with Crippen LogP contribution in [0.25, 0.3) is 0 Å². The highest BCUT2D eigenvalue weighted by atomic mass is 14.6. The fourth-order valence-corrected chi connectivity index (χ4v) is 7.62. The van der Waals surface area contributed by atoms with E-state index in [1.54, 1.807) is 57.8 Å². The number of fused-ring (bicyclic) bond motifs is 7. The van der Waals surface area contributed by atoms with Crippen molar-refractivity contribution in [1.82, 2.24) is 0 Å². The molecule has 0 radical (unpaired) electrons. The van der Waals surface area contributed by atoms with E-state index in [0.717, 1.165) is 0 Å². The van der Waals surface area contributed by atoms with Gasteiger partial charge in [0.1, 0.15) is 0 Å². The summed E-state index contributed by atoms with van der Waals surface area (Å²) in [6, 6.07) is 0. The van der Waals surface area contributed by atoms with Crippen LogP contribution in [0.4, 0.5) is 0 Å². The van der Waals surface area contributed by atoms with E-state index in [2.05, 4.69) is 0 Å². The molecular weight excluding hydrogens is 204 g/mol. The van der Waals surface area contributed by atoms with Gasteiger partial charge in [0.05, 0.1) is 0 Å². The van der Waals surface area contributed by atoms with E-state index < -0.39 is 0 Å². The molecule has 0 spiro atoms. The summed E-state index contributed by atoms with van der Waals surface area (Å²) in [6.45, 7) is 0. The lowest BCUT2D eigenvalue weighted by molar-refractivity contribution is 0.184. The molecule has 0 amide bonds. The normalized spacial score (nSPS) is 63.5. The second kappa shape index (κ2) is 3.31. The maximum atomic E-state index is 1.66. The number of hydrogen-bond acceptors (Lipinski definition) is 0. The van der Waals surface area contributed by atoms with Crippen molar-refractivity contribution in [1.29, 1.82) is 0 Å². The largest absolute Gasteiger partial charge is 0.0527 e. The Morgan fingerprint density at radius 1 is 0.471 bits per heavy atom. The molecule has 8 atom stereocenters. The Morgan fingerprint density at radius 3 is 1.47 bits per heavy atom. The maximum absolute atomic E-state index is 1.66. The number of hydrogen-bond donors (Lipinski definition) is 0. The molecule has 5 rings (SSSR count). The molecule has 0 aromatic heterocycles. The second-order valence-electron chi connectivity index (χ2n) is 8.09. The summed E-state index contributed by atoms with van der Waals surface area (Å²) in [5, 5.41) is 0. The predicted octanol–water partition coefficient (Wildman–Crippen LogP) is 4.49.